The van der Waals surface area contributed by atoms with Crippen molar-refractivity contribution in [3.05, 3.63) is 29.8 Å². The Morgan fingerprint density at radius 2 is 2.00 bits per heavy atom. The average Bonchev–Trinajstić information content (AvgIpc) is 2.53. The lowest BCUT2D eigenvalue weighted by molar-refractivity contribution is -0.128. The first-order chi connectivity index (χ1) is 10.6. The van der Waals surface area contributed by atoms with E-state index in [0.29, 0.717) is 24.4 Å². The molecule has 0 spiro atoms. The van der Waals surface area contributed by atoms with Crippen LogP contribution in [0.1, 0.15) is 43.5 Å². The first-order valence-electron chi connectivity index (χ1n) is 7.76. The van der Waals surface area contributed by atoms with Crippen LogP contribution in [-0.4, -0.2) is 43.5 Å². The number of amides is 2. The van der Waals surface area contributed by atoms with E-state index in [4.69, 9.17) is 4.74 Å². The number of methoxy groups -OCH3 is 1. The largest absolute Gasteiger partial charge is 0.497 e. The summed E-state index contributed by atoms with van der Waals surface area (Å²) < 4.78 is 5.10. The molecule has 1 aromatic carbocycles. The summed E-state index contributed by atoms with van der Waals surface area (Å²) in [4.78, 5) is 25.4. The van der Waals surface area contributed by atoms with Crippen LogP contribution in [0.2, 0.25) is 0 Å². The summed E-state index contributed by atoms with van der Waals surface area (Å²) in [5, 5.41) is 2.84. The third-order valence-electron chi connectivity index (χ3n) is 3.48. The molecule has 0 aliphatic heterocycles. The number of carbonyl (C=O) groups excluding carboxylic acids is 2. The maximum Gasteiger partial charge on any atom is 0.251 e. The van der Waals surface area contributed by atoms with Crippen LogP contribution in [0, 0.1) is 0 Å². The second kappa shape index (κ2) is 9.82. The zero-order valence-electron chi connectivity index (χ0n) is 13.7. The van der Waals surface area contributed by atoms with Crippen molar-refractivity contribution in [2.75, 3.05) is 26.7 Å². The summed E-state index contributed by atoms with van der Waals surface area (Å²) in [5.41, 5.74) is 0.555. The molecule has 1 rings (SSSR count). The first kappa shape index (κ1) is 18.0. The summed E-state index contributed by atoms with van der Waals surface area (Å²) >= 11 is 0. The van der Waals surface area contributed by atoms with E-state index in [1.54, 1.807) is 43.2 Å². The van der Waals surface area contributed by atoms with Gasteiger partial charge in [-0.1, -0.05) is 25.8 Å². The Labute approximate surface area is 132 Å². The van der Waals surface area contributed by atoms with Crippen LogP contribution >= 0.6 is 0 Å². The Morgan fingerprint density at radius 1 is 1.23 bits per heavy atom. The third-order valence-corrected chi connectivity index (χ3v) is 3.48. The monoisotopic (exact) mass is 306 g/mol. The lowest BCUT2D eigenvalue weighted by atomic mass is 10.2. The smallest absolute Gasteiger partial charge is 0.251 e. The average molecular weight is 306 g/mol. The van der Waals surface area contributed by atoms with E-state index in [1.807, 2.05) is 0 Å². The highest BCUT2D eigenvalue weighted by molar-refractivity contribution is 5.94. The van der Waals surface area contributed by atoms with Crippen molar-refractivity contribution >= 4 is 11.8 Å². The van der Waals surface area contributed by atoms with Crippen molar-refractivity contribution in [2.45, 2.75) is 33.1 Å². The predicted octanol–water partition coefficient (Wildman–Crippen LogP) is 2.46. The van der Waals surface area contributed by atoms with Gasteiger partial charge in [-0.15, -0.1) is 0 Å². The molecule has 1 N–H and O–H groups in total. The van der Waals surface area contributed by atoms with Crippen molar-refractivity contribution in [1.82, 2.24) is 10.2 Å². The summed E-state index contributed by atoms with van der Waals surface area (Å²) in [5.74, 6) is 0.542. The van der Waals surface area contributed by atoms with Crippen LogP contribution in [0.3, 0.4) is 0 Å². The van der Waals surface area contributed by atoms with E-state index in [9.17, 15) is 9.59 Å². The van der Waals surface area contributed by atoms with Crippen LogP contribution in [0.5, 0.6) is 5.75 Å². The Kier molecular flexibility index (Phi) is 8.04. The molecule has 22 heavy (non-hydrogen) atoms. The quantitative estimate of drug-likeness (QED) is 0.713. The summed E-state index contributed by atoms with van der Waals surface area (Å²) in [6, 6.07) is 7.00. The molecule has 0 atom stereocenters. The van der Waals surface area contributed by atoms with Gasteiger partial charge in [-0.25, -0.2) is 0 Å². The Bertz CT molecular complexity index is 489. The standard InChI is InChI=1S/C17H26N2O3/c1-4-5-6-11-19(14(2)20)12-10-18-17(21)15-8-7-9-16(13-15)22-3/h7-9,13H,4-6,10-12H2,1-3H3,(H,18,21). The van der Waals surface area contributed by atoms with Crippen molar-refractivity contribution in [2.24, 2.45) is 0 Å². The number of nitrogens with zero attached hydrogens (tertiary/aromatic N) is 1. The summed E-state index contributed by atoms with van der Waals surface area (Å²) in [7, 11) is 1.57. The van der Waals surface area contributed by atoms with Gasteiger partial charge in [-0.2, -0.15) is 0 Å². The van der Waals surface area contributed by atoms with E-state index in [2.05, 4.69) is 12.2 Å². The molecule has 0 saturated carbocycles. The number of hydrogen-bond donors (Lipinski definition) is 1. The van der Waals surface area contributed by atoms with Gasteiger partial charge in [0.05, 0.1) is 7.11 Å². The van der Waals surface area contributed by atoms with E-state index in [-0.39, 0.29) is 11.8 Å². The van der Waals surface area contributed by atoms with Gasteiger partial charge in [-0.3, -0.25) is 9.59 Å². The molecular weight excluding hydrogens is 280 g/mol. The fourth-order valence-corrected chi connectivity index (χ4v) is 2.15. The summed E-state index contributed by atoms with van der Waals surface area (Å²) in [6.07, 6.45) is 3.23. The second-order valence-electron chi connectivity index (χ2n) is 5.20. The van der Waals surface area contributed by atoms with Crippen LogP contribution in [0.25, 0.3) is 0 Å². The molecule has 0 aliphatic carbocycles. The molecule has 2 amide bonds. The van der Waals surface area contributed by atoms with Crippen LogP contribution < -0.4 is 10.1 Å². The Balaban J connectivity index is 2.43. The number of hydrogen-bond acceptors (Lipinski definition) is 3. The van der Waals surface area contributed by atoms with Gasteiger partial charge < -0.3 is 15.0 Å². The fraction of sp³-hybridized carbons (Fsp3) is 0.529. The molecule has 0 aromatic heterocycles. The number of ether oxygens (including phenoxy) is 1. The molecule has 0 saturated heterocycles. The molecule has 0 radical (unpaired) electrons. The summed E-state index contributed by atoms with van der Waals surface area (Å²) in [6.45, 7) is 5.43. The van der Waals surface area contributed by atoms with Gasteiger partial charge in [0.25, 0.3) is 5.91 Å². The van der Waals surface area contributed by atoms with Crippen LogP contribution in [0.4, 0.5) is 0 Å². The molecule has 0 bridgehead atoms. The molecule has 122 valence electrons. The highest BCUT2D eigenvalue weighted by Crippen LogP contribution is 2.12. The highest BCUT2D eigenvalue weighted by Gasteiger charge is 2.10. The molecule has 5 nitrogen and oxygen atoms in total. The molecule has 0 heterocycles. The zero-order chi connectivity index (χ0) is 16.4. The first-order valence-corrected chi connectivity index (χ1v) is 7.76. The highest BCUT2D eigenvalue weighted by atomic mass is 16.5. The molecule has 0 fully saturated rings. The van der Waals surface area contributed by atoms with Crippen LogP contribution in [0.15, 0.2) is 24.3 Å². The number of unbranched alkanes of at least 4 members (excludes halogenated alkanes) is 2. The maximum atomic E-state index is 12.1. The number of carbonyl (C=O) groups is 2. The van der Waals surface area contributed by atoms with Gasteiger partial charge in [-0.05, 0) is 24.6 Å². The number of rotatable bonds is 9. The molecule has 5 heteroatoms. The molecule has 0 aliphatic rings. The van der Waals surface area contributed by atoms with E-state index in [1.165, 1.54) is 0 Å². The fourth-order valence-electron chi connectivity index (χ4n) is 2.15. The van der Waals surface area contributed by atoms with E-state index < -0.39 is 0 Å². The number of benzene rings is 1. The van der Waals surface area contributed by atoms with Crippen molar-refractivity contribution < 1.29 is 14.3 Å². The lowest BCUT2D eigenvalue weighted by Crippen LogP contribution is -2.38. The van der Waals surface area contributed by atoms with Crippen LogP contribution in [-0.2, 0) is 4.79 Å². The number of nitrogens with one attached hydrogen (secondary N) is 1. The van der Waals surface area contributed by atoms with Crippen molar-refractivity contribution in [3.8, 4) is 5.75 Å². The van der Waals surface area contributed by atoms with Gasteiger partial charge in [0.2, 0.25) is 5.91 Å². The minimum absolute atomic E-state index is 0.0479. The van der Waals surface area contributed by atoms with Gasteiger partial charge in [0, 0.05) is 32.1 Å². The molecule has 1 aromatic rings. The SMILES string of the molecule is CCCCCN(CCNC(=O)c1cccc(OC)c1)C(C)=O. The lowest BCUT2D eigenvalue weighted by Gasteiger charge is -2.21. The Morgan fingerprint density at radius 3 is 2.64 bits per heavy atom. The van der Waals surface area contributed by atoms with E-state index >= 15 is 0 Å². The minimum Gasteiger partial charge on any atom is -0.497 e. The van der Waals surface area contributed by atoms with Crippen molar-refractivity contribution in [3.63, 3.8) is 0 Å². The van der Waals surface area contributed by atoms with Gasteiger partial charge >= 0.3 is 0 Å². The zero-order valence-corrected chi connectivity index (χ0v) is 13.7. The molecule has 0 unspecified atom stereocenters. The minimum atomic E-state index is -0.157. The second-order valence-corrected chi connectivity index (χ2v) is 5.20. The Hall–Kier alpha value is -2.04. The molecular formula is C17H26N2O3. The third kappa shape index (κ3) is 6.16. The van der Waals surface area contributed by atoms with E-state index in [0.717, 1.165) is 25.8 Å². The van der Waals surface area contributed by atoms with Gasteiger partial charge in [0.1, 0.15) is 5.75 Å². The normalized spacial score (nSPS) is 10.1. The van der Waals surface area contributed by atoms with Gasteiger partial charge in [0.15, 0.2) is 0 Å². The maximum absolute atomic E-state index is 12.1. The predicted molar refractivity (Wildman–Crippen MR) is 87.1 cm³/mol. The van der Waals surface area contributed by atoms with Crippen molar-refractivity contribution in [1.29, 1.82) is 0 Å². The topological polar surface area (TPSA) is 58.6 Å².